The molecule has 0 spiro atoms. The van der Waals surface area contributed by atoms with Crippen molar-refractivity contribution in [2.75, 3.05) is 13.1 Å². The Morgan fingerprint density at radius 3 is 2.63 bits per heavy atom. The van der Waals surface area contributed by atoms with Crippen molar-refractivity contribution in [3.05, 3.63) is 46.3 Å². The summed E-state index contributed by atoms with van der Waals surface area (Å²) < 4.78 is 12.2. The normalized spacial score (nSPS) is 12.4. The SMILES string of the molecule is CCNC(=NCc1cc(C(C)C)no1)NCC(C)Oc1ccccc1Br.I. The molecule has 0 amide bonds. The maximum Gasteiger partial charge on any atom is 0.191 e. The monoisotopic (exact) mass is 550 g/mol. The molecule has 2 rings (SSSR count). The molecule has 0 saturated heterocycles. The Hall–Kier alpha value is -1.29. The van der Waals surface area contributed by atoms with Crippen LogP contribution in [0.3, 0.4) is 0 Å². The molecule has 0 saturated carbocycles. The maximum atomic E-state index is 5.95. The van der Waals surface area contributed by atoms with E-state index in [0.29, 0.717) is 19.0 Å². The second kappa shape index (κ2) is 12.2. The predicted octanol–water partition coefficient (Wildman–Crippen LogP) is 4.70. The number of aromatic nitrogens is 1. The van der Waals surface area contributed by atoms with E-state index in [1.165, 1.54) is 0 Å². The molecule has 27 heavy (non-hydrogen) atoms. The average Bonchev–Trinajstić information content (AvgIpc) is 3.09. The summed E-state index contributed by atoms with van der Waals surface area (Å²) >= 11 is 3.49. The molecule has 150 valence electrons. The molecule has 0 aliphatic rings. The summed E-state index contributed by atoms with van der Waals surface area (Å²) in [7, 11) is 0. The summed E-state index contributed by atoms with van der Waals surface area (Å²) in [6, 6.07) is 9.77. The van der Waals surface area contributed by atoms with Crippen molar-refractivity contribution in [2.24, 2.45) is 4.99 Å². The molecule has 8 heteroatoms. The first kappa shape index (κ1) is 23.7. The van der Waals surface area contributed by atoms with Gasteiger partial charge < -0.3 is 19.9 Å². The fraction of sp³-hybridized carbons (Fsp3) is 0.474. The van der Waals surface area contributed by atoms with Gasteiger partial charge in [-0.15, -0.1) is 24.0 Å². The lowest BCUT2D eigenvalue weighted by Gasteiger charge is -2.18. The topological polar surface area (TPSA) is 71.7 Å². The van der Waals surface area contributed by atoms with E-state index in [-0.39, 0.29) is 30.1 Å². The number of nitrogens with one attached hydrogen (secondary N) is 2. The predicted molar refractivity (Wildman–Crippen MR) is 123 cm³/mol. The van der Waals surface area contributed by atoms with Gasteiger partial charge in [-0.25, -0.2) is 4.99 Å². The Labute approximate surface area is 186 Å². The van der Waals surface area contributed by atoms with Gasteiger partial charge in [-0.1, -0.05) is 31.1 Å². The van der Waals surface area contributed by atoms with Gasteiger partial charge in [0, 0.05) is 12.6 Å². The molecule has 6 nitrogen and oxygen atoms in total. The van der Waals surface area contributed by atoms with Crippen molar-refractivity contribution in [1.82, 2.24) is 15.8 Å². The highest BCUT2D eigenvalue weighted by Gasteiger charge is 2.09. The summed E-state index contributed by atoms with van der Waals surface area (Å²) in [6.45, 7) is 10.1. The van der Waals surface area contributed by atoms with Gasteiger partial charge in [0.25, 0.3) is 0 Å². The van der Waals surface area contributed by atoms with Crippen LogP contribution < -0.4 is 15.4 Å². The summed E-state index contributed by atoms with van der Waals surface area (Å²) in [5, 5.41) is 10.6. The van der Waals surface area contributed by atoms with Crippen LogP contribution in [0.2, 0.25) is 0 Å². The van der Waals surface area contributed by atoms with Crippen LogP contribution in [0, 0.1) is 0 Å². The van der Waals surface area contributed by atoms with Gasteiger partial charge in [-0.2, -0.15) is 0 Å². The highest BCUT2D eigenvalue weighted by molar-refractivity contribution is 14.0. The minimum absolute atomic E-state index is 0. The van der Waals surface area contributed by atoms with Crippen molar-refractivity contribution < 1.29 is 9.26 Å². The molecule has 2 aromatic rings. The van der Waals surface area contributed by atoms with E-state index < -0.39 is 0 Å². The lowest BCUT2D eigenvalue weighted by Crippen LogP contribution is -2.41. The van der Waals surface area contributed by atoms with Gasteiger partial charge in [0.15, 0.2) is 11.7 Å². The summed E-state index contributed by atoms with van der Waals surface area (Å²) in [5.41, 5.74) is 0.948. The fourth-order valence-electron chi connectivity index (χ4n) is 2.21. The highest BCUT2D eigenvalue weighted by Crippen LogP contribution is 2.24. The third-order valence-corrected chi connectivity index (χ3v) is 4.28. The average molecular weight is 551 g/mol. The molecule has 1 unspecified atom stereocenters. The Morgan fingerprint density at radius 2 is 2.00 bits per heavy atom. The summed E-state index contributed by atoms with van der Waals surface area (Å²) in [5.74, 6) is 2.64. The highest BCUT2D eigenvalue weighted by atomic mass is 127. The van der Waals surface area contributed by atoms with E-state index in [0.717, 1.165) is 34.2 Å². The minimum Gasteiger partial charge on any atom is -0.488 e. The Morgan fingerprint density at radius 1 is 1.26 bits per heavy atom. The first-order chi connectivity index (χ1) is 12.5. The molecule has 1 heterocycles. The van der Waals surface area contributed by atoms with Crippen LogP contribution in [0.25, 0.3) is 0 Å². The van der Waals surface area contributed by atoms with Crippen LogP contribution in [0.1, 0.15) is 45.1 Å². The zero-order valence-electron chi connectivity index (χ0n) is 16.2. The second-order valence-corrected chi connectivity index (χ2v) is 7.16. The molecule has 0 aliphatic carbocycles. The molecule has 0 aliphatic heterocycles. The van der Waals surface area contributed by atoms with Gasteiger partial charge in [-0.3, -0.25) is 0 Å². The molecule has 0 fully saturated rings. The van der Waals surface area contributed by atoms with Crippen molar-refractivity contribution in [3.8, 4) is 5.75 Å². The number of hydrogen-bond donors (Lipinski definition) is 2. The number of aliphatic imine (C=N–C) groups is 1. The van der Waals surface area contributed by atoms with Crippen molar-refractivity contribution in [3.63, 3.8) is 0 Å². The number of nitrogens with zero attached hydrogens (tertiary/aromatic N) is 2. The molecule has 1 aromatic heterocycles. The summed E-state index contributed by atoms with van der Waals surface area (Å²) in [6.07, 6.45) is -0.0182. The van der Waals surface area contributed by atoms with Gasteiger partial charge in [-0.05, 0) is 47.8 Å². The fourth-order valence-corrected chi connectivity index (χ4v) is 2.59. The first-order valence-corrected chi connectivity index (χ1v) is 9.67. The quantitative estimate of drug-likeness (QED) is 0.283. The van der Waals surface area contributed by atoms with Crippen LogP contribution in [0.4, 0.5) is 0 Å². The van der Waals surface area contributed by atoms with Crippen LogP contribution in [0.5, 0.6) is 5.75 Å². The molecule has 1 atom stereocenters. The Kier molecular flexibility index (Phi) is 10.8. The number of guanidine groups is 1. The number of hydrogen-bond acceptors (Lipinski definition) is 4. The van der Waals surface area contributed by atoms with Gasteiger partial charge in [0.05, 0.1) is 16.7 Å². The Balaban J connectivity index is 0.00000364. The zero-order chi connectivity index (χ0) is 18.9. The van der Waals surface area contributed by atoms with E-state index >= 15 is 0 Å². The standard InChI is InChI=1S/C19H27BrN4O2.HI/c1-5-21-19(23-12-15-10-17(13(2)3)24-26-15)22-11-14(4)25-18-9-7-6-8-16(18)20;/h6-10,13-14H,5,11-12H2,1-4H3,(H2,21,22,23);1H. The number of halogens is 2. The van der Waals surface area contributed by atoms with Crippen molar-refractivity contribution in [1.29, 1.82) is 0 Å². The Bertz CT molecular complexity index is 721. The van der Waals surface area contributed by atoms with E-state index in [2.05, 4.69) is 50.6 Å². The van der Waals surface area contributed by atoms with Crippen LogP contribution >= 0.6 is 39.9 Å². The van der Waals surface area contributed by atoms with Gasteiger partial charge in [0.2, 0.25) is 0 Å². The van der Waals surface area contributed by atoms with E-state index in [4.69, 9.17) is 9.26 Å². The van der Waals surface area contributed by atoms with Crippen molar-refractivity contribution >= 4 is 45.9 Å². The number of ether oxygens (including phenoxy) is 1. The third-order valence-electron chi connectivity index (χ3n) is 3.63. The van der Waals surface area contributed by atoms with Crippen LogP contribution in [-0.4, -0.2) is 30.3 Å². The zero-order valence-corrected chi connectivity index (χ0v) is 20.1. The number of benzene rings is 1. The van der Waals surface area contributed by atoms with Crippen molar-refractivity contribution in [2.45, 2.75) is 46.3 Å². The third kappa shape index (κ3) is 8.08. The molecule has 0 bridgehead atoms. The lowest BCUT2D eigenvalue weighted by atomic mass is 10.1. The lowest BCUT2D eigenvalue weighted by molar-refractivity contribution is 0.222. The molecular weight excluding hydrogens is 523 g/mol. The first-order valence-electron chi connectivity index (χ1n) is 8.88. The van der Waals surface area contributed by atoms with Gasteiger partial charge >= 0.3 is 0 Å². The van der Waals surface area contributed by atoms with Gasteiger partial charge in [0.1, 0.15) is 18.4 Å². The van der Waals surface area contributed by atoms with E-state index in [1.807, 2.05) is 44.2 Å². The molecular formula is C19H28BrIN4O2. The largest absolute Gasteiger partial charge is 0.488 e. The molecule has 0 radical (unpaired) electrons. The number of rotatable bonds is 8. The number of para-hydroxylation sites is 1. The van der Waals surface area contributed by atoms with E-state index in [1.54, 1.807) is 0 Å². The van der Waals surface area contributed by atoms with E-state index in [9.17, 15) is 0 Å². The molecule has 2 N–H and O–H groups in total. The second-order valence-electron chi connectivity index (χ2n) is 6.31. The van der Waals surface area contributed by atoms with Crippen LogP contribution in [-0.2, 0) is 6.54 Å². The smallest absolute Gasteiger partial charge is 0.191 e. The summed E-state index contributed by atoms with van der Waals surface area (Å²) in [4.78, 5) is 4.55. The maximum absolute atomic E-state index is 5.95. The van der Waals surface area contributed by atoms with Crippen LogP contribution in [0.15, 0.2) is 44.3 Å². The molecule has 1 aromatic carbocycles. The minimum atomic E-state index is -0.0182.